The number of aromatic amines is 1. The number of thioether (sulfide) groups is 1. The zero-order valence-corrected chi connectivity index (χ0v) is 16.0. The third-order valence-corrected chi connectivity index (χ3v) is 5.84. The van der Waals surface area contributed by atoms with Crippen LogP contribution in [0.25, 0.3) is 11.0 Å². The van der Waals surface area contributed by atoms with Crippen LogP contribution in [0.3, 0.4) is 0 Å². The van der Waals surface area contributed by atoms with Crippen molar-refractivity contribution in [3.63, 3.8) is 0 Å². The maximum absolute atomic E-state index is 12.5. The quantitative estimate of drug-likeness (QED) is 0.620. The lowest BCUT2D eigenvalue weighted by Crippen LogP contribution is -2.36. The van der Waals surface area contributed by atoms with E-state index in [9.17, 15) is 9.59 Å². The normalized spacial score (nSPS) is 17.3. The van der Waals surface area contributed by atoms with Crippen molar-refractivity contribution in [1.29, 1.82) is 0 Å². The van der Waals surface area contributed by atoms with E-state index >= 15 is 0 Å². The first-order chi connectivity index (χ1) is 13.0. The van der Waals surface area contributed by atoms with E-state index in [-0.39, 0.29) is 24.3 Å². The zero-order valence-electron chi connectivity index (χ0n) is 14.5. The summed E-state index contributed by atoms with van der Waals surface area (Å²) in [6.07, 6.45) is 0.0864. The van der Waals surface area contributed by atoms with Crippen LogP contribution in [-0.2, 0) is 9.59 Å². The Morgan fingerprint density at radius 1 is 1.33 bits per heavy atom. The van der Waals surface area contributed by atoms with Gasteiger partial charge < -0.3 is 15.6 Å². The van der Waals surface area contributed by atoms with E-state index in [0.717, 1.165) is 15.9 Å². The lowest BCUT2D eigenvalue weighted by molar-refractivity contribution is -0.124. The predicted octanol–water partition coefficient (Wildman–Crippen LogP) is 3.90. The number of imidazole rings is 1. The Morgan fingerprint density at radius 3 is 2.96 bits per heavy atom. The highest BCUT2D eigenvalue weighted by atomic mass is 35.5. The van der Waals surface area contributed by atoms with Crippen LogP contribution in [0.15, 0.2) is 47.4 Å². The number of nitrogens with zero attached hydrogens (tertiary/aromatic N) is 1. The third kappa shape index (κ3) is 3.79. The fourth-order valence-electron chi connectivity index (χ4n) is 2.97. The lowest BCUT2D eigenvalue weighted by Gasteiger charge is -2.24. The summed E-state index contributed by atoms with van der Waals surface area (Å²) in [6.45, 7) is 1.86. The number of hydrogen-bond donors (Lipinski definition) is 3. The Hall–Kier alpha value is -2.51. The van der Waals surface area contributed by atoms with Crippen molar-refractivity contribution in [2.75, 3.05) is 5.32 Å². The van der Waals surface area contributed by atoms with Crippen LogP contribution in [0.4, 0.5) is 5.69 Å². The summed E-state index contributed by atoms with van der Waals surface area (Å²) in [5, 5.41) is 5.80. The summed E-state index contributed by atoms with van der Waals surface area (Å²) in [6, 6.07) is 12.7. The molecule has 0 saturated heterocycles. The highest BCUT2D eigenvalue weighted by Gasteiger charge is 2.29. The second kappa shape index (κ2) is 7.25. The van der Waals surface area contributed by atoms with Crippen LogP contribution >= 0.6 is 23.4 Å². The number of aromatic nitrogens is 2. The van der Waals surface area contributed by atoms with Gasteiger partial charge in [-0.25, -0.2) is 4.98 Å². The van der Waals surface area contributed by atoms with Crippen LogP contribution in [-0.4, -0.2) is 27.0 Å². The lowest BCUT2D eigenvalue weighted by atomic mass is 10.2. The minimum absolute atomic E-state index is 0.0864. The molecule has 3 aromatic rings. The van der Waals surface area contributed by atoms with Gasteiger partial charge in [0.25, 0.3) is 0 Å². The number of rotatable bonds is 4. The summed E-state index contributed by atoms with van der Waals surface area (Å²) >= 11 is 7.33. The fraction of sp³-hybridized carbons (Fsp3) is 0.211. The van der Waals surface area contributed by atoms with E-state index in [4.69, 9.17) is 11.6 Å². The van der Waals surface area contributed by atoms with Gasteiger partial charge in [-0.05, 0) is 37.3 Å². The Kier molecular flexibility index (Phi) is 4.80. The molecule has 27 heavy (non-hydrogen) atoms. The molecule has 3 N–H and O–H groups in total. The molecule has 1 aliphatic rings. The zero-order chi connectivity index (χ0) is 19.0. The third-order valence-electron chi connectivity index (χ3n) is 4.33. The monoisotopic (exact) mass is 400 g/mol. The molecule has 0 radical (unpaired) electrons. The number of carbonyl (C=O) groups excluding carboxylic acids is 2. The number of carbonyl (C=O) groups is 2. The molecule has 2 atom stereocenters. The maximum atomic E-state index is 12.5. The van der Waals surface area contributed by atoms with E-state index in [1.165, 1.54) is 11.8 Å². The summed E-state index contributed by atoms with van der Waals surface area (Å²) in [5.74, 6) is 0.291. The molecule has 2 unspecified atom stereocenters. The van der Waals surface area contributed by atoms with E-state index < -0.39 is 5.25 Å². The minimum Gasteiger partial charge on any atom is -0.346 e. The van der Waals surface area contributed by atoms with E-state index in [0.29, 0.717) is 16.5 Å². The molecule has 2 heterocycles. The number of H-pyrrole nitrogens is 1. The van der Waals surface area contributed by atoms with Crippen molar-refractivity contribution >= 4 is 51.9 Å². The smallest absolute Gasteiger partial charge is 0.238 e. The van der Waals surface area contributed by atoms with Crippen molar-refractivity contribution in [1.82, 2.24) is 15.3 Å². The standard InChI is InChI=1S/C19H17ClN4O2S/c1-10(18-22-12-4-2-3-5-13(12)23-18)21-17(25)9-16-19(26)24-14-8-11(20)6-7-15(14)27-16/h2-8,10,16H,9H2,1H3,(H,21,25)(H,22,23)(H,24,26). The summed E-state index contributed by atoms with van der Waals surface area (Å²) < 4.78 is 0. The molecule has 138 valence electrons. The molecule has 0 bridgehead atoms. The Bertz CT molecular complexity index is 1000. The van der Waals surface area contributed by atoms with Crippen molar-refractivity contribution < 1.29 is 9.59 Å². The minimum atomic E-state index is -0.485. The molecule has 0 spiro atoms. The van der Waals surface area contributed by atoms with Crippen LogP contribution in [0.2, 0.25) is 5.02 Å². The molecule has 2 amide bonds. The molecule has 4 rings (SSSR count). The number of fused-ring (bicyclic) bond motifs is 2. The summed E-state index contributed by atoms with van der Waals surface area (Å²) in [4.78, 5) is 33.4. The van der Waals surface area contributed by atoms with Gasteiger partial charge in [0, 0.05) is 16.3 Å². The first-order valence-electron chi connectivity index (χ1n) is 8.50. The van der Waals surface area contributed by atoms with Crippen molar-refractivity contribution in [2.24, 2.45) is 0 Å². The second-order valence-electron chi connectivity index (χ2n) is 6.37. The fourth-order valence-corrected chi connectivity index (χ4v) is 4.23. The van der Waals surface area contributed by atoms with Gasteiger partial charge in [-0.15, -0.1) is 11.8 Å². The maximum Gasteiger partial charge on any atom is 0.238 e. The predicted molar refractivity (Wildman–Crippen MR) is 107 cm³/mol. The first-order valence-corrected chi connectivity index (χ1v) is 9.76. The molecule has 0 fully saturated rings. The van der Waals surface area contributed by atoms with Gasteiger partial charge in [-0.1, -0.05) is 23.7 Å². The van der Waals surface area contributed by atoms with Crippen LogP contribution < -0.4 is 10.6 Å². The number of nitrogens with one attached hydrogen (secondary N) is 3. The average molecular weight is 401 g/mol. The Balaban J connectivity index is 1.41. The molecule has 6 nitrogen and oxygen atoms in total. The second-order valence-corrected chi connectivity index (χ2v) is 8.05. The highest BCUT2D eigenvalue weighted by molar-refractivity contribution is 8.01. The van der Waals surface area contributed by atoms with Gasteiger partial charge in [0.2, 0.25) is 11.8 Å². The molecule has 0 saturated carbocycles. The number of anilines is 1. The number of hydrogen-bond acceptors (Lipinski definition) is 4. The van der Waals surface area contributed by atoms with Crippen LogP contribution in [0.5, 0.6) is 0 Å². The van der Waals surface area contributed by atoms with Crippen molar-refractivity contribution in [3.05, 3.63) is 53.3 Å². The molecule has 1 aliphatic heterocycles. The van der Waals surface area contributed by atoms with E-state index in [2.05, 4.69) is 20.6 Å². The van der Waals surface area contributed by atoms with Crippen LogP contribution in [0.1, 0.15) is 25.2 Å². The topological polar surface area (TPSA) is 86.9 Å². The number of para-hydroxylation sites is 2. The van der Waals surface area contributed by atoms with Gasteiger partial charge in [0.15, 0.2) is 0 Å². The van der Waals surface area contributed by atoms with Gasteiger partial charge in [0.1, 0.15) is 5.82 Å². The molecular weight excluding hydrogens is 384 g/mol. The van der Waals surface area contributed by atoms with Gasteiger partial charge in [-0.2, -0.15) is 0 Å². The number of halogens is 1. The first kappa shape index (κ1) is 17.9. The van der Waals surface area contributed by atoms with Gasteiger partial charge in [0.05, 0.1) is 28.0 Å². The van der Waals surface area contributed by atoms with Crippen molar-refractivity contribution in [3.8, 4) is 0 Å². The van der Waals surface area contributed by atoms with Crippen LogP contribution in [0, 0.1) is 0 Å². The van der Waals surface area contributed by atoms with Gasteiger partial charge >= 0.3 is 0 Å². The molecule has 2 aromatic carbocycles. The van der Waals surface area contributed by atoms with Crippen molar-refractivity contribution in [2.45, 2.75) is 29.5 Å². The van der Waals surface area contributed by atoms with Gasteiger partial charge in [-0.3, -0.25) is 9.59 Å². The molecular formula is C19H17ClN4O2S. The number of benzene rings is 2. The highest BCUT2D eigenvalue weighted by Crippen LogP contribution is 2.38. The van der Waals surface area contributed by atoms with E-state index in [1.54, 1.807) is 12.1 Å². The molecule has 8 heteroatoms. The molecule has 0 aliphatic carbocycles. The summed E-state index contributed by atoms with van der Waals surface area (Å²) in [5.41, 5.74) is 2.46. The largest absolute Gasteiger partial charge is 0.346 e. The number of amides is 2. The Morgan fingerprint density at radius 2 is 2.15 bits per heavy atom. The molecule has 1 aromatic heterocycles. The summed E-state index contributed by atoms with van der Waals surface area (Å²) in [7, 11) is 0. The Labute approximate surface area is 165 Å². The SMILES string of the molecule is CC(NC(=O)CC1Sc2ccc(Cl)cc2NC1=O)c1nc2ccccc2[nH]1. The van der Waals surface area contributed by atoms with E-state index in [1.807, 2.05) is 37.3 Å². The average Bonchev–Trinajstić information content (AvgIpc) is 3.07.